The van der Waals surface area contributed by atoms with E-state index in [2.05, 4.69) is 30.4 Å². The van der Waals surface area contributed by atoms with Crippen LogP contribution in [0.3, 0.4) is 0 Å². The number of carbonyl (C=O) groups is 1. The van der Waals surface area contributed by atoms with Gasteiger partial charge in [0.2, 0.25) is 15.9 Å². The van der Waals surface area contributed by atoms with Gasteiger partial charge in [0.15, 0.2) is 0 Å². The lowest BCUT2D eigenvalue weighted by molar-refractivity contribution is -0.124. The highest BCUT2D eigenvalue weighted by Crippen LogP contribution is 2.22. The van der Waals surface area contributed by atoms with Crippen molar-refractivity contribution in [3.63, 3.8) is 0 Å². The Morgan fingerprint density at radius 2 is 1.85 bits per heavy atom. The second-order valence-electron chi connectivity index (χ2n) is 6.43. The Kier molecular flexibility index (Phi) is 7.89. The minimum atomic E-state index is -3.50. The summed E-state index contributed by atoms with van der Waals surface area (Å²) in [6, 6.07) is 16.4. The molecule has 0 unspecified atom stereocenters. The Bertz CT molecular complexity index is 855. The molecule has 27 heavy (non-hydrogen) atoms. The fourth-order valence-corrected chi connectivity index (χ4v) is 4.09. The fourth-order valence-electron chi connectivity index (χ4n) is 2.69. The van der Waals surface area contributed by atoms with E-state index >= 15 is 0 Å². The zero-order chi connectivity index (χ0) is 19.9. The number of aryl methyl sites for hydroxylation is 1. The maximum absolute atomic E-state index is 12.7. The maximum Gasteiger partial charge on any atom is 0.243 e. The molecule has 1 N–H and O–H groups in total. The van der Waals surface area contributed by atoms with E-state index in [0.29, 0.717) is 12.1 Å². The van der Waals surface area contributed by atoms with Gasteiger partial charge in [-0.3, -0.25) is 4.79 Å². The van der Waals surface area contributed by atoms with E-state index in [1.807, 2.05) is 12.1 Å². The number of nitrogens with one attached hydrogen (secondary N) is 1. The van der Waals surface area contributed by atoms with Crippen LogP contribution in [0.5, 0.6) is 0 Å². The molecule has 0 saturated carbocycles. The number of thioether (sulfide) groups is 1. The lowest BCUT2D eigenvalue weighted by Crippen LogP contribution is -2.41. The number of rotatable bonds is 9. The van der Waals surface area contributed by atoms with Crippen molar-refractivity contribution in [1.82, 2.24) is 9.62 Å². The standard InChI is InChI=1S/C20H26N2O3S2/c1-16-8-7-9-17(14-16)15-26-13-12-21-20(23)19(22(2)27(3,24)25)18-10-5-4-6-11-18/h4-11,14,19H,12-13,15H2,1-3H3,(H,21,23)/t19-/m1/s1. The smallest absolute Gasteiger partial charge is 0.243 e. The molecule has 1 amide bonds. The number of hydrogen-bond donors (Lipinski definition) is 1. The minimum absolute atomic E-state index is 0.315. The van der Waals surface area contributed by atoms with Crippen molar-refractivity contribution in [2.45, 2.75) is 18.7 Å². The summed E-state index contributed by atoms with van der Waals surface area (Å²) in [5.74, 6) is 1.32. The van der Waals surface area contributed by atoms with E-state index in [0.717, 1.165) is 22.1 Å². The lowest BCUT2D eigenvalue weighted by atomic mass is 10.1. The topological polar surface area (TPSA) is 66.5 Å². The summed E-state index contributed by atoms with van der Waals surface area (Å²) in [4.78, 5) is 12.7. The molecule has 146 valence electrons. The summed E-state index contributed by atoms with van der Waals surface area (Å²) < 4.78 is 25.0. The van der Waals surface area contributed by atoms with Crippen LogP contribution in [-0.2, 0) is 20.6 Å². The number of nitrogens with zero attached hydrogens (tertiary/aromatic N) is 1. The van der Waals surface area contributed by atoms with E-state index in [1.165, 1.54) is 18.2 Å². The summed E-state index contributed by atoms with van der Waals surface area (Å²) in [7, 11) is -2.07. The molecule has 5 nitrogen and oxygen atoms in total. The SMILES string of the molecule is Cc1cccc(CSCCNC(=O)[C@@H](c2ccccc2)N(C)S(C)(=O)=O)c1. The summed E-state index contributed by atoms with van der Waals surface area (Å²) in [6.45, 7) is 2.55. The predicted molar refractivity (Wildman–Crippen MR) is 112 cm³/mol. The lowest BCUT2D eigenvalue weighted by Gasteiger charge is -2.25. The van der Waals surface area contributed by atoms with Crippen LogP contribution in [0, 0.1) is 6.92 Å². The molecule has 0 aliphatic carbocycles. The summed E-state index contributed by atoms with van der Waals surface area (Å²) in [5, 5.41) is 2.87. The van der Waals surface area contributed by atoms with Gasteiger partial charge in [-0.2, -0.15) is 16.1 Å². The number of carbonyl (C=O) groups excluding carboxylic acids is 1. The normalized spacial score (nSPS) is 12.7. The first-order valence-electron chi connectivity index (χ1n) is 8.68. The first-order chi connectivity index (χ1) is 12.8. The molecule has 0 spiro atoms. The van der Waals surface area contributed by atoms with Crippen molar-refractivity contribution in [3.05, 3.63) is 71.3 Å². The Labute approximate surface area is 166 Å². The monoisotopic (exact) mass is 406 g/mol. The molecule has 0 bridgehead atoms. The first-order valence-corrected chi connectivity index (χ1v) is 11.7. The highest BCUT2D eigenvalue weighted by atomic mass is 32.2. The third-order valence-corrected chi connectivity index (χ3v) is 6.43. The van der Waals surface area contributed by atoms with Gasteiger partial charge in [0, 0.05) is 25.1 Å². The molecular weight excluding hydrogens is 380 g/mol. The molecule has 7 heteroatoms. The molecule has 2 aromatic rings. The van der Waals surface area contributed by atoms with Gasteiger partial charge in [0.25, 0.3) is 0 Å². The molecule has 2 rings (SSSR count). The highest BCUT2D eigenvalue weighted by Gasteiger charge is 2.30. The van der Waals surface area contributed by atoms with Crippen molar-refractivity contribution in [2.24, 2.45) is 0 Å². The van der Waals surface area contributed by atoms with Gasteiger partial charge in [-0.05, 0) is 18.1 Å². The summed E-state index contributed by atoms with van der Waals surface area (Å²) >= 11 is 1.73. The number of hydrogen-bond acceptors (Lipinski definition) is 4. The molecule has 0 saturated heterocycles. The van der Waals surface area contributed by atoms with Crippen molar-refractivity contribution in [2.75, 3.05) is 25.6 Å². The number of sulfonamides is 1. The summed E-state index contributed by atoms with van der Waals surface area (Å²) in [6.07, 6.45) is 1.11. The van der Waals surface area contributed by atoms with Crippen molar-refractivity contribution in [1.29, 1.82) is 0 Å². The van der Waals surface area contributed by atoms with Crippen LogP contribution in [0.2, 0.25) is 0 Å². The van der Waals surface area contributed by atoms with E-state index in [-0.39, 0.29) is 5.91 Å². The predicted octanol–water partition coefficient (Wildman–Crippen LogP) is 2.98. The maximum atomic E-state index is 12.7. The molecule has 2 aromatic carbocycles. The highest BCUT2D eigenvalue weighted by molar-refractivity contribution is 7.98. The van der Waals surface area contributed by atoms with Crippen LogP contribution in [0.15, 0.2) is 54.6 Å². The molecule has 0 aliphatic rings. The van der Waals surface area contributed by atoms with Gasteiger partial charge in [0.1, 0.15) is 6.04 Å². The minimum Gasteiger partial charge on any atom is -0.354 e. The van der Waals surface area contributed by atoms with Gasteiger partial charge < -0.3 is 5.32 Å². The number of amides is 1. The first kappa shape index (κ1) is 21.5. The third-order valence-electron chi connectivity index (χ3n) is 4.15. The number of benzene rings is 2. The Hall–Kier alpha value is -1.83. The molecule has 0 aromatic heterocycles. The average Bonchev–Trinajstić information content (AvgIpc) is 2.62. The number of likely N-dealkylation sites (N-methyl/N-ethyl adjacent to an activating group) is 1. The second-order valence-corrected chi connectivity index (χ2v) is 9.57. The van der Waals surface area contributed by atoms with Gasteiger partial charge >= 0.3 is 0 Å². The van der Waals surface area contributed by atoms with E-state index in [9.17, 15) is 13.2 Å². The molecule has 0 fully saturated rings. The molecule has 0 radical (unpaired) electrons. The average molecular weight is 407 g/mol. The van der Waals surface area contributed by atoms with E-state index in [1.54, 1.807) is 36.0 Å². The quantitative estimate of drug-likeness (QED) is 0.650. The molecular formula is C20H26N2O3S2. The summed E-state index contributed by atoms with van der Waals surface area (Å²) in [5.41, 5.74) is 3.14. The largest absolute Gasteiger partial charge is 0.354 e. The van der Waals surface area contributed by atoms with Crippen molar-refractivity contribution >= 4 is 27.7 Å². The van der Waals surface area contributed by atoms with Crippen molar-refractivity contribution < 1.29 is 13.2 Å². The zero-order valence-electron chi connectivity index (χ0n) is 15.9. The van der Waals surface area contributed by atoms with E-state index < -0.39 is 16.1 Å². The Morgan fingerprint density at radius 3 is 2.48 bits per heavy atom. The molecule has 0 heterocycles. The van der Waals surface area contributed by atoms with Gasteiger partial charge in [-0.25, -0.2) is 8.42 Å². The van der Waals surface area contributed by atoms with Gasteiger partial charge in [0.05, 0.1) is 6.26 Å². The van der Waals surface area contributed by atoms with Gasteiger partial charge in [-0.15, -0.1) is 0 Å². The van der Waals surface area contributed by atoms with Crippen LogP contribution in [-0.4, -0.2) is 44.2 Å². The second kappa shape index (κ2) is 9.92. The third kappa shape index (κ3) is 6.68. The van der Waals surface area contributed by atoms with Crippen LogP contribution in [0.4, 0.5) is 0 Å². The van der Waals surface area contributed by atoms with Crippen LogP contribution in [0.1, 0.15) is 22.7 Å². The fraction of sp³-hybridized carbons (Fsp3) is 0.350. The zero-order valence-corrected chi connectivity index (χ0v) is 17.5. The van der Waals surface area contributed by atoms with Gasteiger partial charge in [-0.1, -0.05) is 60.2 Å². The van der Waals surface area contributed by atoms with Crippen LogP contribution < -0.4 is 5.32 Å². The van der Waals surface area contributed by atoms with Crippen LogP contribution >= 0.6 is 11.8 Å². The Balaban J connectivity index is 1.92. The molecule has 0 aliphatic heterocycles. The van der Waals surface area contributed by atoms with Crippen LogP contribution in [0.25, 0.3) is 0 Å². The molecule has 1 atom stereocenters. The van der Waals surface area contributed by atoms with E-state index in [4.69, 9.17) is 0 Å². The Morgan fingerprint density at radius 1 is 1.15 bits per heavy atom. The van der Waals surface area contributed by atoms with Crippen molar-refractivity contribution in [3.8, 4) is 0 Å².